The first-order valence-electron chi connectivity index (χ1n) is 6.45. The first-order chi connectivity index (χ1) is 9.95. The fourth-order valence-corrected chi connectivity index (χ4v) is 2.18. The Bertz CT molecular complexity index is 707. The lowest BCUT2D eigenvalue weighted by Gasteiger charge is -2.11. The number of carboxylic acids is 1. The number of carbonyl (C=O) groups is 2. The second-order valence-corrected chi connectivity index (χ2v) is 4.61. The third kappa shape index (κ3) is 2.78. The van der Waals surface area contributed by atoms with Gasteiger partial charge in [-0.3, -0.25) is 9.48 Å². The van der Waals surface area contributed by atoms with Gasteiger partial charge in [0.1, 0.15) is 5.56 Å². The van der Waals surface area contributed by atoms with E-state index in [1.165, 1.54) is 6.20 Å². The van der Waals surface area contributed by atoms with Crippen molar-refractivity contribution >= 4 is 28.6 Å². The molecule has 0 fully saturated rings. The van der Waals surface area contributed by atoms with E-state index >= 15 is 0 Å². The van der Waals surface area contributed by atoms with E-state index in [2.05, 4.69) is 20.7 Å². The minimum atomic E-state index is -1.07. The molecule has 2 rings (SSSR count). The van der Waals surface area contributed by atoms with E-state index in [0.717, 1.165) is 0 Å². The number of anilines is 1. The Balaban J connectivity index is 2.44. The molecule has 8 nitrogen and oxygen atoms in total. The first kappa shape index (κ1) is 14.8. The molecule has 2 aromatic rings. The number of nitrogens with one attached hydrogen (secondary N) is 2. The molecule has 0 unspecified atom stereocenters. The van der Waals surface area contributed by atoms with Crippen molar-refractivity contribution in [3.05, 3.63) is 17.5 Å². The Morgan fingerprint density at radius 3 is 2.76 bits per heavy atom. The number of aryl methyl sites for hydroxylation is 2. The maximum atomic E-state index is 11.4. The SMILES string of the molecule is CNC(=O)CCNc1c(C(=O)O)cnc2c1c(C)nn2C. The molecule has 8 heteroatoms. The highest BCUT2D eigenvalue weighted by molar-refractivity contribution is 6.04. The molecule has 3 N–H and O–H groups in total. The van der Waals surface area contributed by atoms with Gasteiger partial charge in [0.2, 0.25) is 5.91 Å². The highest BCUT2D eigenvalue weighted by Gasteiger charge is 2.19. The smallest absolute Gasteiger partial charge is 0.339 e. The van der Waals surface area contributed by atoms with Crippen LogP contribution in [0.1, 0.15) is 22.5 Å². The Morgan fingerprint density at radius 1 is 1.43 bits per heavy atom. The van der Waals surface area contributed by atoms with E-state index in [9.17, 15) is 14.7 Å². The molecule has 0 aliphatic carbocycles. The van der Waals surface area contributed by atoms with E-state index in [1.807, 2.05) is 0 Å². The highest BCUT2D eigenvalue weighted by Crippen LogP contribution is 2.28. The number of amides is 1. The van der Waals surface area contributed by atoms with Crippen LogP contribution in [0, 0.1) is 6.92 Å². The largest absolute Gasteiger partial charge is 0.478 e. The lowest BCUT2D eigenvalue weighted by atomic mass is 10.1. The number of hydrogen-bond donors (Lipinski definition) is 3. The Labute approximate surface area is 121 Å². The summed E-state index contributed by atoms with van der Waals surface area (Å²) in [6.45, 7) is 2.12. The van der Waals surface area contributed by atoms with E-state index in [1.54, 1.807) is 25.7 Å². The van der Waals surface area contributed by atoms with Crippen molar-refractivity contribution in [2.24, 2.45) is 7.05 Å². The second kappa shape index (κ2) is 5.78. The van der Waals surface area contributed by atoms with E-state index in [4.69, 9.17) is 0 Å². The summed E-state index contributed by atoms with van der Waals surface area (Å²) in [4.78, 5) is 26.8. The fourth-order valence-electron chi connectivity index (χ4n) is 2.18. The summed E-state index contributed by atoms with van der Waals surface area (Å²) in [7, 11) is 3.30. The van der Waals surface area contributed by atoms with Crippen LogP contribution < -0.4 is 10.6 Å². The Morgan fingerprint density at radius 2 is 2.14 bits per heavy atom. The van der Waals surface area contributed by atoms with Crippen LogP contribution in [0.4, 0.5) is 5.69 Å². The second-order valence-electron chi connectivity index (χ2n) is 4.61. The van der Waals surface area contributed by atoms with Gasteiger partial charge in [-0.2, -0.15) is 5.10 Å². The minimum Gasteiger partial charge on any atom is -0.478 e. The van der Waals surface area contributed by atoms with Crippen LogP contribution in [-0.4, -0.2) is 45.3 Å². The number of fused-ring (bicyclic) bond motifs is 1. The third-order valence-corrected chi connectivity index (χ3v) is 3.19. The number of hydrogen-bond acceptors (Lipinski definition) is 5. The number of rotatable bonds is 5. The number of pyridine rings is 1. The molecule has 2 aromatic heterocycles. The molecular weight excluding hydrogens is 274 g/mol. The van der Waals surface area contributed by atoms with Gasteiger partial charge in [-0.05, 0) is 6.92 Å². The van der Waals surface area contributed by atoms with Gasteiger partial charge >= 0.3 is 5.97 Å². The molecule has 21 heavy (non-hydrogen) atoms. The molecule has 0 saturated heterocycles. The number of nitrogens with zero attached hydrogens (tertiary/aromatic N) is 3. The molecule has 0 bridgehead atoms. The van der Waals surface area contributed by atoms with E-state index < -0.39 is 5.97 Å². The van der Waals surface area contributed by atoms with E-state index in [0.29, 0.717) is 29.0 Å². The topological polar surface area (TPSA) is 109 Å². The van der Waals surface area contributed by atoms with Crippen molar-refractivity contribution in [1.82, 2.24) is 20.1 Å². The number of carboxylic acid groups (broad SMARTS) is 1. The van der Waals surface area contributed by atoms with Crippen LogP contribution in [0.3, 0.4) is 0 Å². The maximum absolute atomic E-state index is 11.4. The molecule has 0 atom stereocenters. The normalized spacial score (nSPS) is 10.6. The van der Waals surface area contributed by atoms with Crippen molar-refractivity contribution in [2.75, 3.05) is 18.9 Å². The average molecular weight is 291 g/mol. The van der Waals surface area contributed by atoms with Gasteiger partial charge in [0.25, 0.3) is 0 Å². The summed E-state index contributed by atoms with van der Waals surface area (Å²) in [5.41, 5.74) is 1.79. The fraction of sp³-hybridized carbons (Fsp3) is 0.385. The van der Waals surface area contributed by atoms with Crippen LogP contribution >= 0.6 is 0 Å². The predicted octanol–water partition coefficient (Wildman–Crippen LogP) is 0.523. The Kier molecular flexibility index (Phi) is 4.06. The molecular formula is C13H17N5O3. The standard InChI is InChI=1S/C13H17N5O3/c1-7-10-11(15-5-4-9(19)14-2)8(13(20)21)6-16-12(10)18(3)17-7/h6H,4-5H2,1-3H3,(H,14,19)(H,15,16)(H,20,21). The van der Waals surface area contributed by atoms with Gasteiger partial charge < -0.3 is 15.7 Å². The van der Waals surface area contributed by atoms with Crippen molar-refractivity contribution in [2.45, 2.75) is 13.3 Å². The van der Waals surface area contributed by atoms with Gasteiger partial charge in [-0.1, -0.05) is 0 Å². The molecule has 0 saturated carbocycles. The molecule has 0 aromatic carbocycles. The van der Waals surface area contributed by atoms with Crippen molar-refractivity contribution in [3.63, 3.8) is 0 Å². The molecule has 112 valence electrons. The predicted molar refractivity (Wildman–Crippen MR) is 77.4 cm³/mol. The van der Waals surface area contributed by atoms with Gasteiger partial charge in [0.15, 0.2) is 5.65 Å². The molecule has 0 spiro atoms. The van der Waals surface area contributed by atoms with Crippen LogP contribution in [0.5, 0.6) is 0 Å². The van der Waals surface area contributed by atoms with Crippen molar-refractivity contribution in [3.8, 4) is 0 Å². The minimum absolute atomic E-state index is 0.0653. The van der Waals surface area contributed by atoms with Gasteiger partial charge in [0.05, 0.1) is 16.8 Å². The quantitative estimate of drug-likeness (QED) is 0.741. The molecule has 0 aliphatic heterocycles. The molecule has 0 aliphatic rings. The van der Waals surface area contributed by atoms with Crippen LogP contribution in [0.15, 0.2) is 6.20 Å². The summed E-state index contributed by atoms with van der Waals surface area (Å²) in [6, 6.07) is 0. The third-order valence-electron chi connectivity index (χ3n) is 3.19. The lowest BCUT2D eigenvalue weighted by Crippen LogP contribution is -2.21. The molecule has 0 radical (unpaired) electrons. The zero-order chi connectivity index (χ0) is 15.6. The summed E-state index contributed by atoms with van der Waals surface area (Å²) in [6.07, 6.45) is 1.55. The van der Waals surface area contributed by atoms with Crippen LogP contribution in [-0.2, 0) is 11.8 Å². The first-order valence-corrected chi connectivity index (χ1v) is 6.45. The molecule has 2 heterocycles. The van der Waals surface area contributed by atoms with Crippen molar-refractivity contribution in [1.29, 1.82) is 0 Å². The maximum Gasteiger partial charge on any atom is 0.339 e. The van der Waals surface area contributed by atoms with Gasteiger partial charge in [-0.15, -0.1) is 0 Å². The monoisotopic (exact) mass is 291 g/mol. The zero-order valence-electron chi connectivity index (χ0n) is 12.1. The van der Waals surface area contributed by atoms with Gasteiger partial charge in [-0.25, -0.2) is 9.78 Å². The van der Waals surface area contributed by atoms with Gasteiger partial charge in [0, 0.05) is 33.3 Å². The summed E-state index contributed by atoms with van der Waals surface area (Å²) >= 11 is 0. The highest BCUT2D eigenvalue weighted by atomic mass is 16.4. The van der Waals surface area contributed by atoms with E-state index in [-0.39, 0.29) is 17.9 Å². The lowest BCUT2D eigenvalue weighted by molar-refractivity contribution is -0.120. The Hall–Kier alpha value is -2.64. The summed E-state index contributed by atoms with van der Waals surface area (Å²) in [5, 5.41) is 19.7. The number of aromatic carboxylic acids is 1. The van der Waals surface area contributed by atoms with Crippen molar-refractivity contribution < 1.29 is 14.7 Å². The zero-order valence-corrected chi connectivity index (χ0v) is 12.1. The average Bonchev–Trinajstić information content (AvgIpc) is 2.73. The van der Waals surface area contributed by atoms with Crippen LogP contribution in [0.25, 0.3) is 11.0 Å². The summed E-state index contributed by atoms with van der Waals surface area (Å²) in [5.74, 6) is -1.19. The summed E-state index contributed by atoms with van der Waals surface area (Å²) < 4.78 is 1.60. The number of carbonyl (C=O) groups excluding carboxylic acids is 1. The molecule has 1 amide bonds. The van der Waals surface area contributed by atoms with Crippen LogP contribution in [0.2, 0.25) is 0 Å². The number of aromatic nitrogens is 3.